The van der Waals surface area contributed by atoms with E-state index < -0.39 is 7.12 Å². The van der Waals surface area contributed by atoms with Crippen molar-refractivity contribution in [1.29, 1.82) is 0 Å². The number of benzene rings is 1. The molecule has 0 aliphatic carbocycles. The van der Waals surface area contributed by atoms with Crippen LogP contribution in [0.5, 0.6) is 0 Å². The molecule has 1 heterocycles. The summed E-state index contributed by atoms with van der Waals surface area (Å²) < 4.78 is 0. The Kier molecular flexibility index (Phi) is 2.55. The van der Waals surface area contributed by atoms with Gasteiger partial charge in [-0.25, -0.2) is 0 Å². The molecule has 0 bridgehead atoms. The minimum Gasteiger partial charge on any atom is -0.423 e. The molecule has 76 valence electrons. The Hall–Kier alpha value is -1.63. The van der Waals surface area contributed by atoms with Gasteiger partial charge in [0.05, 0.1) is 11.2 Å². The standard InChI is InChI=1S/C9H9BN2O3/c13-10(14)6-4-7-8(11-5-6)2-1-3-9(7)12-15/h1-5,12-15H. The van der Waals surface area contributed by atoms with Crippen LogP contribution in [0.4, 0.5) is 5.69 Å². The van der Waals surface area contributed by atoms with E-state index in [1.54, 1.807) is 24.3 Å². The molecular formula is C9H9BN2O3. The summed E-state index contributed by atoms with van der Waals surface area (Å²) >= 11 is 0. The third-order valence-corrected chi connectivity index (χ3v) is 2.17. The van der Waals surface area contributed by atoms with Crippen molar-refractivity contribution in [2.24, 2.45) is 0 Å². The van der Waals surface area contributed by atoms with E-state index in [9.17, 15) is 0 Å². The summed E-state index contributed by atoms with van der Waals surface area (Å²) in [5.41, 5.74) is 3.46. The van der Waals surface area contributed by atoms with E-state index in [4.69, 9.17) is 15.3 Å². The molecule has 0 saturated heterocycles. The van der Waals surface area contributed by atoms with Crippen LogP contribution in [0, 0.1) is 0 Å². The predicted octanol–water partition coefficient (Wildman–Crippen LogP) is -0.284. The smallest absolute Gasteiger partial charge is 0.423 e. The number of hydrogen-bond donors (Lipinski definition) is 4. The molecule has 1 aromatic heterocycles. The SMILES string of the molecule is ONc1cccc2ncc(B(O)O)cc12. The van der Waals surface area contributed by atoms with Gasteiger partial charge in [-0.3, -0.25) is 15.7 Å². The minimum atomic E-state index is -1.56. The van der Waals surface area contributed by atoms with Crippen LogP contribution < -0.4 is 10.9 Å². The summed E-state index contributed by atoms with van der Waals surface area (Å²) in [6.07, 6.45) is 1.38. The molecule has 2 rings (SSSR count). The molecule has 1 aromatic carbocycles. The van der Waals surface area contributed by atoms with Gasteiger partial charge in [0.25, 0.3) is 0 Å². The van der Waals surface area contributed by atoms with Gasteiger partial charge in [-0.2, -0.15) is 0 Å². The van der Waals surface area contributed by atoms with Crippen LogP contribution >= 0.6 is 0 Å². The van der Waals surface area contributed by atoms with Crippen LogP contribution in [0.25, 0.3) is 10.9 Å². The van der Waals surface area contributed by atoms with Crippen molar-refractivity contribution in [3.63, 3.8) is 0 Å². The molecule has 4 N–H and O–H groups in total. The van der Waals surface area contributed by atoms with Crippen LogP contribution in [-0.2, 0) is 0 Å². The highest BCUT2D eigenvalue weighted by molar-refractivity contribution is 6.58. The Labute approximate surface area is 86.1 Å². The monoisotopic (exact) mass is 204 g/mol. The van der Waals surface area contributed by atoms with E-state index in [0.29, 0.717) is 16.6 Å². The maximum Gasteiger partial charge on any atom is 0.490 e. The van der Waals surface area contributed by atoms with Crippen molar-refractivity contribution >= 4 is 29.2 Å². The first-order valence-corrected chi connectivity index (χ1v) is 4.37. The van der Waals surface area contributed by atoms with E-state index in [1.807, 2.05) is 5.48 Å². The number of fused-ring (bicyclic) bond motifs is 1. The molecule has 0 amide bonds. The molecule has 0 spiro atoms. The molecular weight excluding hydrogens is 195 g/mol. The molecule has 0 atom stereocenters. The Balaban J connectivity index is 2.67. The normalized spacial score (nSPS) is 10.3. The van der Waals surface area contributed by atoms with Gasteiger partial charge in [-0.05, 0) is 18.2 Å². The molecule has 0 radical (unpaired) electrons. The van der Waals surface area contributed by atoms with E-state index in [2.05, 4.69) is 4.98 Å². The highest BCUT2D eigenvalue weighted by Crippen LogP contribution is 2.19. The van der Waals surface area contributed by atoms with Crippen molar-refractivity contribution in [2.75, 3.05) is 5.48 Å². The Morgan fingerprint density at radius 1 is 1.27 bits per heavy atom. The second-order valence-electron chi connectivity index (χ2n) is 3.13. The molecule has 6 heteroatoms. The summed E-state index contributed by atoms with van der Waals surface area (Å²) in [7, 11) is -1.56. The highest BCUT2D eigenvalue weighted by Gasteiger charge is 2.12. The number of rotatable bonds is 2. The third-order valence-electron chi connectivity index (χ3n) is 2.17. The van der Waals surface area contributed by atoms with E-state index in [-0.39, 0.29) is 5.46 Å². The lowest BCUT2D eigenvalue weighted by molar-refractivity contribution is 0.390. The van der Waals surface area contributed by atoms with Gasteiger partial charge in [-0.1, -0.05) is 6.07 Å². The zero-order valence-electron chi connectivity index (χ0n) is 7.75. The number of pyridine rings is 1. The number of aromatic nitrogens is 1. The second-order valence-corrected chi connectivity index (χ2v) is 3.13. The van der Waals surface area contributed by atoms with Crippen molar-refractivity contribution in [1.82, 2.24) is 4.98 Å². The largest absolute Gasteiger partial charge is 0.490 e. The summed E-state index contributed by atoms with van der Waals surface area (Å²) in [5.74, 6) is 0. The zero-order valence-corrected chi connectivity index (χ0v) is 7.75. The van der Waals surface area contributed by atoms with Crippen LogP contribution in [0.2, 0.25) is 0 Å². The average Bonchev–Trinajstić information content (AvgIpc) is 2.27. The second kappa shape index (κ2) is 3.86. The fourth-order valence-electron chi connectivity index (χ4n) is 1.40. The van der Waals surface area contributed by atoms with E-state index >= 15 is 0 Å². The molecule has 5 nitrogen and oxygen atoms in total. The maximum absolute atomic E-state index is 8.98. The van der Waals surface area contributed by atoms with Crippen LogP contribution in [0.1, 0.15) is 0 Å². The summed E-state index contributed by atoms with van der Waals surface area (Å²) in [6.45, 7) is 0. The van der Waals surface area contributed by atoms with Gasteiger partial charge < -0.3 is 10.0 Å². The number of anilines is 1. The fourth-order valence-corrected chi connectivity index (χ4v) is 1.40. The lowest BCUT2D eigenvalue weighted by Crippen LogP contribution is -2.30. The average molecular weight is 204 g/mol. The molecule has 0 fully saturated rings. The fraction of sp³-hybridized carbons (Fsp3) is 0. The van der Waals surface area contributed by atoms with E-state index in [1.165, 1.54) is 6.20 Å². The molecule has 0 aliphatic heterocycles. The van der Waals surface area contributed by atoms with Crippen LogP contribution in [0.3, 0.4) is 0 Å². The predicted molar refractivity (Wildman–Crippen MR) is 57.0 cm³/mol. The minimum absolute atomic E-state index is 0.283. The molecule has 0 saturated carbocycles. The van der Waals surface area contributed by atoms with Gasteiger partial charge in [0.1, 0.15) is 0 Å². The third kappa shape index (κ3) is 1.78. The van der Waals surface area contributed by atoms with Crippen LogP contribution in [0.15, 0.2) is 30.5 Å². The van der Waals surface area contributed by atoms with E-state index in [0.717, 1.165) is 0 Å². The Morgan fingerprint density at radius 3 is 2.73 bits per heavy atom. The Bertz CT molecular complexity index is 490. The lowest BCUT2D eigenvalue weighted by atomic mass is 9.81. The van der Waals surface area contributed by atoms with Gasteiger partial charge in [-0.15, -0.1) is 0 Å². The van der Waals surface area contributed by atoms with Gasteiger partial charge in [0.2, 0.25) is 0 Å². The number of nitrogens with zero attached hydrogens (tertiary/aromatic N) is 1. The number of hydrogen-bond acceptors (Lipinski definition) is 5. The zero-order chi connectivity index (χ0) is 10.8. The maximum atomic E-state index is 8.98. The van der Waals surface area contributed by atoms with Crippen molar-refractivity contribution < 1.29 is 15.3 Å². The molecule has 0 aliphatic rings. The first-order valence-electron chi connectivity index (χ1n) is 4.37. The highest BCUT2D eigenvalue weighted by atomic mass is 16.5. The summed E-state index contributed by atoms with van der Waals surface area (Å²) in [5, 5.41) is 27.5. The first-order chi connectivity index (χ1) is 7.22. The summed E-state index contributed by atoms with van der Waals surface area (Å²) in [6, 6.07) is 6.73. The van der Waals surface area contributed by atoms with Crippen molar-refractivity contribution in [3.05, 3.63) is 30.5 Å². The molecule has 0 unspecified atom stereocenters. The summed E-state index contributed by atoms with van der Waals surface area (Å²) in [4.78, 5) is 4.04. The molecule has 2 aromatic rings. The van der Waals surface area contributed by atoms with Gasteiger partial charge in [0, 0.05) is 17.0 Å². The van der Waals surface area contributed by atoms with Crippen molar-refractivity contribution in [3.8, 4) is 0 Å². The van der Waals surface area contributed by atoms with Crippen LogP contribution in [-0.4, -0.2) is 27.4 Å². The quantitative estimate of drug-likeness (QED) is 0.399. The molecule has 15 heavy (non-hydrogen) atoms. The lowest BCUT2D eigenvalue weighted by Gasteiger charge is -2.06. The number of nitrogens with one attached hydrogen (secondary N) is 1. The van der Waals surface area contributed by atoms with Crippen molar-refractivity contribution in [2.45, 2.75) is 0 Å². The Morgan fingerprint density at radius 2 is 2.07 bits per heavy atom. The first kappa shape index (κ1) is 9.91. The topological polar surface area (TPSA) is 85.6 Å². The van der Waals surface area contributed by atoms with Gasteiger partial charge in [0.15, 0.2) is 0 Å². The van der Waals surface area contributed by atoms with Gasteiger partial charge >= 0.3 is 7.12 Å².